The lowest BCUT2D eigenvalue weighted by Crippen LogP contribution is -2.26. The third-order valence-electron chi connectivity index (χ3n) is 3.71. The third kappa shape index (κ3) is 2.37. The maximum Gasteiger partial charge on any atom is 0.0163 e. The molecule has 0 aromatic heterocycles. The van der Waals surface area contributed by atoms with Crippen LogP contribution in [0.5, 0.6) is 0 Å². The second-order valence-electron chi connectivity index (χ2n) is 4.63. The minimum Gasteiger partial charge on any atom is -0.316 e. The van der Waals surface area contributed by atoms with E-state index in [1.807, 2.05) is 0 Å². The van der Waals surface area contributed by atoms with Gasteiger partial charge in [-0.3, -0.25) is 4.90 Å². The lowest BCUT2D eigenvalue weighted by Gasteiger charge is -2.17. The van der Waals surface area contributed by atoms with Crippen molar-refractivity contribution in [2.45, 2.75) is 19.8 Å². The molecule has 2 rings (SSSR count). The van der Waals surface area contributed by atoms with Gasteiger partial charge in [-0.25, -0.2) is 0 Å². The highest BCUT2D eigenvalue weighted by Gasteiger charge is 2.29. The highest BCUT2D eigenvalue weighted by Crippen LogP contribution is 2.26. The van der Waals surface area contributed by atoms with Crippen molar-refractivity contribution in [3.63, 3.8) is 0 Å². The molecule has 2 heteroatoms. The molecule has 2 fully saturated rings. The molecule has 2 nitrogen and oxygen atoms in total. The Morgan fingerprint density at radius 2 is 1.86 bits per heavy atom. The van der Waals surface area contributed by atoms with Gasteiger partial charge in [-0.1, -0.05) is 12.2 Å². The second-order valence-corrected chi connectivity index (χ2v) is 4.63. The average Bonchev–Trinajstić information content (AvgIpc) is 2.57. The predicted molar refractivity (Wildman–Crippen MR) is 60.3 cm³/mol. The zero-order valence-corrected chi connectivity index (χ0v) is 9.21. The molecular weight excluding hydrogens is 172 g/mol. The third-order valence-corrected chi connectivity index (χ3v) is 3.71. The Morgan fingerprint density at radius 1 is 1.21 bits per heavy atom. The quantitative estimate of drug-likeness (QED) is 0.670. The van der Waals surface area contributed by atoms with Crippen LogP contribution in [0.3, 0.4) is 0 Å². The molecule has 2 aliphatic rings. The van der Waals surface area contributed by atoms with Crippen LogP contribution in [-0.2, 0) is 0 Å². The normalized spacial score (nSPS) is 34.6. The lowest BCUT2D eigenvalue weighted by molar-refractivity contribution is 0.307. The number of rotatable bonds is 2. The van der Waals surface area contributed by atoms with Crippen LogP contribution in [0.2, 0.25) is 0 Å². The summed E-state index contributed by atoms with van der Waals surface area (Å²) in [5.41, 5.74) is 0. The fraction of sp³-hybridized carbons (Fsp3) is 0.833. The van der Waals surface area contributed by atoms with Crippen LogP contribution in [0.25, 0.3) is 0 Å². The Morgan fingerprint density at radius 3 is 2.43 bits per heavy atom. The minimum atomic E-state index is 0.964. The highest BCUT2D eigenvalue weighted by molar-refractivity contribution is 4.88. The first-order valence-electron chi connectivity index (χ1n) is 5.94. The molecule has 14 heavy (non-hydrogen) atoms. The number of allylic oxidation sites excluding steroid dienone is 1. The molecule has 2 saturated heterocycles. The number of hydrogen-bond acceptors (Lipinski definition) is 2. The van der Waals surface area contributed by atoms with Gasteiger partial charge in [-0.2, -0.15) is 0 Å². The molecule has 0 amide bonds. The minimum absolute atomic E-state index is 0.964. The Balaban J connectivity index is 1.83. The first-order valence-corrected chi connectivity index (χ1v) is 5.94. The van der Waals surface area contributed by atoms with Crippen molar-refractivity contribution in [1.29, 1.82) is 0 Å². The monoisotopic (exact) mass is 194 g/mol. The van der Waals surface area contributed by atoms with Gasteiger partial charge in [-0.15, -0.1) is 0 Å². The number of hydrogen-bond donors (Lipinski definition) is 1. The van der Waals surface area contributed by atoms with E-state index < -0.39 is 0 Å². The molecule has 2 atom stereocenters. The van der Waals surface area contributed by atoms with Crippen molar-refractivity contribution in [3.8, 4) is 0 Å². The van der Waals surface area contributed by atoms with E-state index in [-0.39, 0.29) is 0 Å². The Labute approximate surface area is 87.4 Å². The van der Waals surface area contributed by atoms with Crippen LogP contribution in [0.15, 0.2) is 12.2 Å². The average molecular weight is 194 g/mol. The molecule has 1 N–H and O–H groups in total. The van der Waals surface area contributed by atoms with Gasteiger partial charge in [0.2, 0.25) is 0 Å². The van der Waals surface area contributed by atoms with E-state index in [0.29, 0.717) is 0 Å². The van der Waals surface area contributed by atoms with E-state index in [1.165, 1.54) is 39.0 Å². The second kappa shape index (κ2) is 4.94. The van der Waals surface area contributed by atoms with E-state index in [0.717, 1.165) is 18.4 Å². The summed E-state index contributed by atoms with van der Waals surface area (Å²) in [5, 5.41) is 3.52. The number of likely N-dealkylation sites (tertiary alicyclic amines) is 1. The first kappa shape index (κ1) is 10.2. The van der Waals surface area contributed by atoms with Gasteiger partial charge in [0.15, 0.2) is 0 Å². The van der Waals surface area contributed by atoms with Crippen molar-refractivity contribution in [3.05, 3.63) is 12.2 Å². The topological polar surface area (TPSA) is 15.3 Å². The van der Waals surface area contributed by atoms with E-state index in [4.69, 9.17) is 0 Å². The summed E-state index contributed by atoms with van der Waals surface area (Å²) in [4.78, 5) is 2.60. The summed E-state index contributed by atoms with van der Waals surface area (Å²) in [6, 6.07) is 0. The summed E-state index contributed by atoms with van der Waals surface area (Å²) in [6.07, 6.45) is 7.23. The standard InChI is InChI=1S/C12H22N2/c1-2-3-6-14-7-4-11-9-13-10-12(11)5-8-14/h2-3,11-13H,4-10H2,1H3/b3-2+. The van der Waals surface area contributed by atoms with E-state index in [2.05, 4.69) is 29.3 Å². The number of nitrogens with zero attached hydrogens (tertiary/aromatic N) is 1. The molecule has 0 aromatic carbocycles. The summed E-state index contributed by atoms with van der Waals surface area (Å²) in [5.74, 6) is 1.93. The van der Waals surface area contributed by atoms with Crippen LogP contribution in [0, 0.1) is 11.8 Å². The van der Waals surface area contributed by atoms with Crippen LogP contribution >= 0.6 is 0 Å². The zero-order valence-electron chi connectivity index (χ0n) is 9.21. The number of nitrogens with one attached hydrogen (secondary N) is 1. The van der Waals surface area contributed by atoms with Crippen LogP contribution in [0.1, 0.15) is 19.8 Å². The fourth-order valence-electron chi connectivity index (χ4n) is 2.71. The molecule has 0 aromatic rings. The van der Waals surface area contributed by atoms with Crippen molar-refractivity contribution >= 4 is 0 Å². The number of fused-ring (bicyclic) bond motifs is 1. The van der Waals surface area contributed by atoms with Gasteiger partial charge < -0.3 is 5.32 Å². The molecule has 0 saturated carbocycles. The van der Waals surface area contributed by atoms with Crippen molar-refractivity contribution in [2.24, 2.45) is 11.8 Å². The summed E-state index contributed by atoms with van der Waals surface area (Å²) < 4.78 is 0. The molecule has 0 aliphatic carbocycles. The van der Waals surface area contributed by atoms with Gasteiger partial charge >= 0.3 is 0 Å². The maximum atomic E-state index is 3.52. The van der Waals surface area contributed by atoms with Crippen molar-refractivity contribution in [2.75, 3.05) is 32.7 Å². The SMILES string of the molecule is C/C=C/CN1CCC2CNCC2CC1. The molecule has 80 valence electrons. The Hall–Kier alpha value is -0.340. The van der Waals surface area contributed by atoms with Gasteiger partial charge in [0.1, 0.15) is 0 Å². The smallest absolute Gasteiger partial charge is 0.0163 e. The van der Waals surface area contributed by atoms with E-state index in [1.54, 1.807) is 0 Å². The predicted octanol–water partition coefficient (Wildman–Crippen LogP) is 1.49. The zero-order chi connectivity index (χ0) is 9.80. The van der Waals surface area contributed by atoms with Gasteiger partial charge in [-0.05, 0) is 57.8 Å². The van der Waals surface area contributed by atoms with E-state index >= 15 is 0 Å². The molecule has 0 bridgehead atoms. The van der Waals surface area contributed by atoms with Crippen molar-refractivity contribution < 1.29 is 0 Å². The molecule has 2 heterocycles. The highest BCUT2D eigenvalue weighted by atomic mass is 15.1. The summed E-state index contributed by atoms with van der Waals surface area (Å²) >= 11 is 0. The largest absolute Gasteiger partial charge is 0.316 e. The van der Waals surface area contributed by atoms with Gasteiger partial charge in [0, 0.05) is 6.54 Å². The van der Waals surface area contributed by atoms with Crippen LogP contribution in [-0.4, -0.2) is 37.6 Å². The molecule has 0 radical (unpaired) electrons. The van der Waals surface area contributed by atoms with Crippen LogP contribution in [0.4, 0.5) is 0 Å². The van der Waals surface area contributed by atoms with Gasteiger partial charge in [0.05, 0.1) is 0 Å². The van der Waals surface area contributed by atoms with Gasteiger partial charge in [0.25, 0.3) is 0 Å². The maximum absolute atomic E-state index is 3.52. The van der Waals surface area contributed by atoms with Crippen molar-refractivity contribution in [1.82, 2.24) is 10.2 Å². The summed E-state index contributed by atoms with van der Waals surface area (Å²) in [7, 11) is 0. The van der Waals surface area contributed by atoms with Crippen LogP contribution < -0.4 is 5.32 Å². The first-order chi connectivity index (χ1) is 6.90. The molecule has 0 spiro atoms. The molecular formula is C12H22N2. The summed E-state index contributed by atoms with van der Waals surface area (Å²) in [6.45, 7) is 8.39. The Bertz CT molecular complexity index is 186. The Kier molecular flexibility index (Phi) is 3.60. The lowest BCUT2D eigenvalue weighted by atomic mass is 9.92. The molecule has 2 unspecified atom stereocenters. The molecule has 2 aliphatic heterocycles. The van der Waals surface area contributed by atoms with E-state index in [9.17, 15) is 0 Å². The fourth-order valence-corrected chi connectivity index (χ4v) is 2.71.